The van der Waals surface area contributed by atoms with Gasteiger partial charge in [0.1, 0.15) is 29.7 Å². The lowest BCUT2D eigenvalue weighted by Crippen LogP contribution is -2.46. The van der Waals surface area contributed by atoms with Crippen LogP contribution in [0.15, 0.2) is 48.7 Å². The number of amides is 5. The Kier molecular flexibility index (Phi) is 12.9. The minimum atomic E-state index is -0.852. The van der Waals surface area contributed by atoms with Crippen LogP contribution >= 0.6 is 11.6 Å². The van der Waals surface area contributed by atoms with E-state index in [4.69, 9.17) is 21.1 Å². The summed E-state index contributed by atoms with van der Waals surface area (Å²) >= 11 is 6.00. The summed E-state index contributed by atoms with van der Waals surface area (Å²) in [6.45, 7) is 4.73. The van der Waals surface area contributed by atoms with E-state index in [1.165, 1.54) is 48.5 Å². The minimum absolute atomic E-state index is 0.0528. The smallest absolute Gasteiger partial charge is 0.412 e. The van der Waals surface area contributed by atoms with E-state index in [-0.39, 0.29) is 37.1 Å². The number of pyridine rings is 1. The molecule has 1 heterocycles. The number of aromatic nitrogens is 1. The maximum atomic E-state index is 13.8. The van der Waals surface area contributed by atoms with Crippen LogP contribution in [0.1, 0.15) is 39.2 Å². The molecule has 5 amide bonds. The number of hydrogen-bond donors (Lipinski definition) is 4. The summed E-state index contributed by atoms with van der Waals surface area (Å²) in [6.07, 6.45) is 0.573. The molecule has 2 aromatic carbocycles. The predicted octanol–water partition coefficient (Wildman–Crippen LogP) is 5.35. The van der Waals surface area contributed by atoms with Crippen molar-refractivity contribution in [3.8, 4) is 0 Å². The topological polar surface area (TPSA) is 151 Å². The fraction of sp³-hybridized carbons (Fsp3) is 0.387. The highest BCUT2D eigenvalue weighted by Gasteiger charge is 2.23. The minimum Gasteiger partial charge on any atom is -0.447 e. The van der Waals surface area contributed by atoms with Crippen molar-refractivity contribution in [3.63, 3.8) is 0 Å². The van der Waals surface area contributed by atoms with E-state index in [2.05, 4.69) is 26.3 Å². The molecule has 4 N–H and O–H groups in total. The molecule has 0 bridgehead atoms. The lowest BCUT2D eigenvalue weighted by molar-refractivity contribution is -0.120. The summed E-state index contributed by atoms with van der Waals surface area (Å²) in [5, 5.41) is 11.3. The standard InChI is InChI=1S/C31H37ClF2N6O6/c1-31(2,3)46-29(43)38-17-26(41)35-12-6-8-23(40(4)28(42)37-16-20-7-5-9-24(34)27(20)32)18-45-30(44)39-25-14-21-13-22(33)11-10-19(21)15-36-25/h5,7,9-11,13-15,23H,6,8,12,16-18H2,1-4H3,(H,35,41)(H,37,42)(H,38,43)(H,36,39,44). The van der Waals surface area contributed by atoms with Crippen molar-refractivity contribution in [1.82, 2.24) is 25.8 Å². The summed E-state index contributed by atoms with van der Waals surface area (Å²) in [6, 6.07) is 8.73. The van der Waals surface area contributed by atoms with Crippen LogP contribution < -0.4 is 21.3 Å². The number of benzene rings is 2. The van der Waals surface area contributed by atoms with E-state index in [9.17, 15) is 28.0 Å². The highest BCUT2D eigenvalue weighted by molar-refractivity contribution is 6.31. The zero-order valence-electron chi connectivity index (χ0n) is 25.9. The number of nitrogens with zero attached hydrogens (tertiary/aromatic N) is 2. The molecule has 1 unspecified atom stereocenters. The number of rotatable bonds is 12. The molecular formula is C31H37ClF2N6O6. The summed E-state index contributed by atoms with van der Waals surface area (Å²) in [7, 11) is 1.50. The van der Waals surface area contributed by atoms with Crippen LogP contribution in [0.5, 0.6) is 0 Å². The van der Waals surface area contributed by atoms with Crippen molar-refractivity contribution in [2.45, 2.75) is 51.8 Å². The van der Waals surface area contributed by atoms with Gasteiger partial charge in [0.15, 0.2) is 0 Å². The Balaban J connectivity index is 1.57. The number of ether oxygens (including phenoxy) is 2. The third-order valence-corrected chi connectivity index (χ3v) is 6.90. The molecule has 46 heavy (non-hydrogen) atoms. The largest absolute Gasteiger partial charge is 0.447 e. The zero-order chi connectivity index (χ0) is 33.9. The van der Waals surface area contributed by atoms with Crippen LogP contribution in [0.4, 0.5) is 29.0 Å². The van der Waals surface area contributed by atoms with Crippen LogP contribution in [0.25, 0.3) is 10.8 Å². The fourth-order valence-electron chi connectivity index (χ4n) is 4.12. The van der Waals surface area contributed by atoms with Crippen molar-refractivity contribution < 1.29 is 37.4 Å². The van der Waals surface area contributed by atoms with Gasteiger partial charge in [0.2, 0.25) is 5.91 Å². The molecule has 0 spiro atoms. The summed E-state index contributed by atoms with van der Waals surface area (Å²) in [5.41, 5.74) is -0.331. The molecule has 0 saturated carbocycles. The van der Waals surface area contributed by atoms with E-state index < -0.39 is 47.4 Å². The Labute approximate surface area is 270 Å². The van der Waals surface area contributed by atoms with Crippen LogP contribution in [-0.2, 0) is 20.8 Å². The monoisotopic (exact) mass is 662 g/mol. The molecule has 0 aliphatic heterocycles. The quantitative estimate of drug-likeness (QED) is 0.191. The third kappa shape index (κ3) is 11.7. The number of carbonyl (C=O) groups excluding carboxylic acids is 4. The number of likely N-dealkylation sites (N-methyl/N-ethyl adjacent to an activating group) is 1. The van der Waals surface area contributed by atoms with Crippen LogP contribution in [-0.4, -0.2) is 72.4 Å². The van der Waals surface area contributed by atoms with E-state index in [0.29, 0.717) is 29.2 Å². The first-order valence-electron chi connectivity index (χ1n) is 14.4. The summed E-state index contributed by atoms with van der Waals surface area (Å²) < 4.78 is 37.9. The predicted molar refractivity (Wildman–Crippen MR) is 168 cm³/mol. The Morgan fingerprint density at radius 2 is 1.76 bits per heavy atom. The molecule has 0 fully saturated rings. The van der Waals surface area contributed by atoms with Crippen molar-refractivity contribution >= 4 is 52.3 Å². The van der Waals surface area contributed by atoms with Gasteiger partial charge in [-0.15, -0.1) is 0 Å². The SMILES string of the molecule is CN(C(=O)NCc1cccc(F)c1Cl)C(CCCNC(=O)CNC(=O)OC(C)(C)C)COC(=O)Nc1cc2cc(F)ccc2cn1. The van der Waals surface area contributed by atoms with Gasteiger partial charge in [-0.25, -0.2) is 28.1 Å². The molecule has 1 atom stereocenters. The number of halogens is 3. The van der Waals surface area contributed by atoms with Crippen molar-refractivity contribution in [2.24, 2.45) is 0 Å². The molecule has 3 aromatic rings. The average molecular weight is 663 g/mol. The van der Waals surface area contributed by atoms with Crippen molar-refractivity contribution in [1.29, 1.82) is 0 Å². The van der Waals surface area contributed by atoms with E-state index in [1.807, 2.05) is 0 Å². The Bertz CT molecular complexity index is 1550. The highest BCUT2D eigenvalue weighted by atomic mass is 35.5. The molecule has 0 aliphatic rings. The van der Waals surface area contributed by atoms with Gasteiger partial charge in [-0.2, -0.15) is 0 Å². The average Bonchev–Trinajstić information content (AvgIpc) is 2.98. The number of fused-ring (bicyclic) bond motifs is 1. The molecule has 12 nitrogen and oxygen atoms in total. The number of nitrogens with one attached hydrogen (secondary N) is 4. The first-order chi connectivity index (χ1) is 21.7. The third-order valence-electron chi connectivity index (χ3n) is 6.48. The Morgan fingerprint density at radius 3 is 2.50 bits per heavy atom. The van der Waals surface area contributed by atoms with E-state index in [0.717, 1.165) is 0 Å². The highest BCUT2D eigenvalue weighted by Crippen LogP contribution is 2.20. The normalized spacial score (nSPS) is 11.7. The lowest BCUT2D eigenvalue weighted by atomic mass is 10.1. The van der Waals surface area contributed by atoms with Crippen LogP contribution in [0, 0.1) is 11.6 Å². The molecule has 3 rings (SSSR count). The fourth-order valence-corrected chi connectivity index (χ4v) is 4.32. The molecule has 15 heteroatoms. The molecule has 0 saturated heterocycles. The van der Waals surface area contributed by atoms with E-state index >= 15 is 0 Å². The number of alkyl carbamates (subject to hydrolysis) is 1. The summed E-state index contributed by atoms with van der Waals surface area (Å²) in [5.74, 6) is -1.36. The first kappa shape index (κ1) is 35.8. The van der Waals surface area contributed by atoms with Gasteiger partial charge < -0.3 is 30.3 Å². The van der Waals surface area contributed by atoms with E-state index in [1.54, 1.807) is 32.9 Å². The number of urea groups is 1. The molecular weight excluding hydrogens is 626 g/mol. The molecule has 248 valence electrons. The summed E-state index contributed by atoms with van der Waals surface area (Å²) in [4.78, 5) is 55.0. The van der Waals surface area contributed by atoms with Gasteiger partial charge in [0, 0.05) is 31.7 Å². The number of anilines is 1. The van der Waals surface area contributed by atoms with Gasteiger partial charge >= 0.3 is 18.2 Å². The maximum absolute atomic E-state index is 13.8. The van der Waals surface area contributed by atoms with Crippen molar-refractivity contribution in [3.05, 3.63) is 70.9 Å². The zero-order valence-corrected chi connectivity index (χ0v) is 26.7. The van der Waals surface area contributed by atoms with Gasteiger partial charge in [0.25, 0.3) is 0 Å². The first-order valence-corrected chi connectivity index (χ1v) is 14.8. The second-order valence-electron chi connectivity index (χ2n) is 11.3. The molecule has 0 aliphatic carbocycles. The molecule has 0 radical (unpaired) electrons. The van der Waals surface area contributed by atoms with Crippen molar-refractivity contribution in [2.75, 3.05) is 32.1 Å². The molecule has 1 aromatic heterocycles. The Hall–Kier alpha value is -4.72. The number of hydrogen-bond acceptors (Lipinski definition) is 7. The van der Waals surface area contributed by atoms with Gasteiger partial charge in [-0.05, 0) is 74.9 Å². The van der Waals surface area contributed by atoms with Crippen LogP contribution in [0.3, 0.4) is 0 Å². The van der Waals surface area contributed by atoms with Gasteiger partial charge in [-0.3, -0.25) is 10.1 Å². The van der Waals surface area contributed by atoms with Gasteiger partial charge in [-0.1, -0.05) is 23.7 Å². The Morgan fingerprint density at radius 1 is 1.00 bits per heavy atom. The second-order valence-corrected chi connectivity index (χ2v) is 11.6. The second kappa shape index (κ2) is 16.5. The van der Waals surface area contributed by atoms with Gasteiger partial charge in [0.05, 0.1) is 17.6 Å². The lowest BCUT2D eigenvalue weighted by Gasteiger charge is -2.28. The van der Waals surface area contributed by atoms with Crippen LogP contribution in [0.2, 0.25) is 5.02 Å². The maximum Gasteiger partial charge on any atom is 0.412 e. The number of carbonyl (C=O) groups is 4.